The van der Waals surface area contributed by atoms with E-state index >= 15 is 0 Å². The van der Waals surface area contributed by atoms with E-state index in [9.17, 15) is 0 Å². The maximum absolute atomic E-state index is 5.31. The maximum atomic E-state index is 5.31. The van der Waals surface area contributed by atoms with Crippen molar-refractivity contribution in [2.75, 3.05) is 20.2 Å². The summed E-state index contributed by atoms with van der Waals surface area (Å²) in [6, 6.07) is 10.8. The molecule has 1 aliphatic rings. The van der Waals surface area contributed by atoms with Crippen molar-refractivity contribution >= 4 is 0 Å². The second-order valence-corrected chi connectivity index (χ2v) is 6.28. The van der Waals surface area contributed by atoms with Crippen LogP contribution >= 0.6 is 0 Å². The van der Waals surface area contributed by atoms with Crippen LogP contribution in [0, 0.1) is 0 Å². The van der Waals surface area contributed by atoms with Crippen LogP contribution < -0.4 is 0 Å². The molecule has 0 spiro atoms. The summed E-state index contributed by atoms with van der Waals surface area (Å²) in [5, 5.41) is 3.93. The Kier molecular flexibility index (Phi) is 4.55. The first-order valence-corrected chi connectivity index (χ1v) is 7.78. The normalized spacial score (nSPS) is 22.8. The van der Waals surface area contributed by atoms with E-state index in [4.69, 9.17) is 9.26 Å². The third-order valence-electron chi connectivity index (χ3n) is 4.39. The highest BCUT2D eigenvalue weighted by Crippen LogP contribution is 2.33. The Morgan fingerprint density at radius 3 is 2.91 bits per heavy atom. The second-order valence-electron chi connectivity index (χ2n) is 6.28. The van der Waals surface area contributed by atoms with Gasteiger partial charge < -0.3 is 9.26 Å². The number of ether oxygens (including phenoxy) is 1. The standard InChI is InChI=1S/C17H23N3O2/c1-17(14-7-4-3-5-8-14)9-6-10-20(13-17)11-16-18-15(12-21-2)19-22-16/h3-5,7-8H,6,9-13H2,1-2H3/t17-/m0/s1. The van der Waals surface area contributed by atoms with Gasteiger partial charge in [0.25, 0.3) is 0 Å². The minimum absolute atomic E-state index is 0.189. The topological polar surface area (TPSA) is 51.4 Å². The van der Waals surface area contributed by atoms with Crippen molar-refractivity contribution in [2.45, 2.75) is 38.3 Å². The smallest absolute Gasteiger partial charge is 0.240 e. The van der Waals surface area contributed by atoms with Gasteiger partial charge in [0.05, 0.1) is 6.54 Å². The third kappa shape index (κ3) is 3.36. The summed E-state index contributed by atoms with van der Waals surface area (Å²) in [5.74, 6) is 1.28. The van der Waals surface area contributed by atoms with Gasteiger partial charge in [-0.2, -0.15) is 4.98 Å². The Hall–Kier alpha value is -1.72. The van der Waals surface area contributed by atoms with Crippen LogP contribution in [0.2, 0.25) is 0 Å². The highest BCUT2D eigenvalue weighted by atomic mass is 16.5. The Labute approximate surface area is 131 Å². The summed E-state index contributed by atoms with van der Waals surface area (Å²) in [5.41, 5.74) is 1.60. The Morgan fingerprint density at radius 1 is 1.32 bits per heavy atom. The quantitative estimate of drug-likeness (QED) is 0.850. The molecule has 5 heteroatoms. The van der Waals surface area contributed by atoms with Gasteiger partial charge >= 0.3 is 0 Å². The average molecular weight is 301 g/mol. The molecular formula is C17H23N3O2. The molecule has 22 heavy (non-hydrogen) atoms. The Morgan fingerprint density at radius 2 is 2.14 bits per heavy atom. The molecule has 0 N–H and O–H groups in total. The fourth-order valence-electron chi connectivity index (χ4n) is 3.29. The first kappa shape index (κ1) is 15.2. The molecule has 5 nitrogen and oxygen atoms in total. The van der Waals surface area contributed by atoms with Crippen molar-refractivity contribution in [1.29, 1.82) is 0 Å². The zero-order valence-electron chi connectivity index (χ0n) is 13.3. The van der Waals surface area contributed by atoms with Crippen molar-refractivity contribution < 1.29 is 9.26 Å². The predicted octanol–water partition coefficient (Wildman–Crippen LogP) is 2.77. The van der Waals surface area contributed by atoms with E-state index in [-0.39, 0.29) is 5.41 Å². The predicted molar refractivity (Wildman–Crippen MR) is 83.3 cm³/mol. The van der Waals surface area contributed by atoms with Gasteiger partial charge in [-0.25, -0.2) is 0 Å². The van der Waals surface area contributed by atoms with E-state index in [0.717, 1.165) is 13.1 Å². The molecule has 0 aliphatic carbocycles. The summed E-state index contributed by atoms with van der Waals surface area (Å²) < 4.78 is 10.3. The van der Waals surface area contributed by atoms with Crippen LogP contribution in [0.1, 0.15) is 37.0 Å². The number of benzene rings is 1. The third-order valence-corrected chi connectivity index (χ3v) is 4.39. The van der Waals surface area contributed by atoms with Crippen molar-refractivity contribution in [3.63, 3.8) is 0 Å². The number of aromatic nitrogens is 2. The van der Waals surface area contributed by atoms with Crippen molar-refractivity contribution in [3.8, 4) is 0 Å². The van der Waals surface area contributed by atoms with Crippen LogP contribution in [0.5, 0.6) is 0 Å². The number of hydrogen-bond donors (Lipinski definition) is 0. The lowest BCUT2D eigenvalue weighted by atomic mass is 9.76. The first-order chi connectivity index (χ1) is 10.7. The lowest BCUT2D eigenvalue weighted by molar-refractivity contribution is 0.135. The average Bonchev–Trinajstić information content (AvgIpc) is 2.96. The summed E-state index contributed by atoms with van der Waals surface area (Å²) in [4.78, 5) is 6.77. The summed E-state index contributed by atoms with van der Waals surface area (Å²) in [7, 11) is 1.63. The molecule has 0 bridgehead atoms. The SMILES string of the molecule is COCc1noc(CN2CCC[C@](C)(c3ccccc3)C2)n1. The van der Waals surface area contributed by atoms with Gasteiger partial charge in [-0.3, -0.25) is 4.90 Å². The molecule has 2 heterocycles. The molecule has 1 aromatic carbocycles. The number of nitrogens with zero attached hydrogens (tertiary/aromatic N) is 3. The van der Waals surface area contributed by atoms with Crippen LogP contribution in [0.15, 0.2) is 34.9 Å². The summed E-state index contributed by atoms with van der Waals surface area (Å²) in [6.45, 7) is 5.53. The second kappa shape index (κ2) is 6.58. The molecule has 1 aromatic heterocycles. The van der Waals surface area contributed by atoms with Crippen LogP contribution in [0.25, 0.3) is 0 Å². The molecule has 0 radical (unpaired) electrons. The molecule has 1 saturated heterocycles. The Bertz CT molecular complexity index is 599. The van der Waals surface area contributed by atoms with Crippen LogP contribution in [0.3, 0.4) is 0 Å². The molecule has 1 atom stereocenters. The number of hydrogen-bond acceptors (Lipinski definition) is 5. The largest absolute Gasteiger partial charge is 0.377 e. The number of likely N-dealkylation sites (tertiary alicyclic amines) is 1. The van der Waals surface area contributed by atoms with E-state index in [0.29, 0.717) is 24.9 Å². The van der Waals surface area contributed by atoms with Crippen molar-refractivity contribution in [1.82, 2.24) is 15.0 Å². The number of methoxy groups -OCH3 is 1. The lowest BCUT2D eigenvalue weighted by Crippen LogP contribution is -2.43. The van der Waals surface area contributed by atoms with Crippen LogP contribution in [-0.4, -0.2) is 35.2 Å². The molecule has 2 aromatic rings. The zero-order chi connectivity index (χ0) is 15.4. The molecule has 0 saturated carbocycles. The highest BCUT2D eigenvalue weighted by Gasteiger charge is 2.33. The molecule has 0 unspecified atom stereocenters. The van der Waals surface area contributed by atoms with Gasteiger partial charge in [0.1, 0.15) is 6.61 Å². The van der Waals surface area contributed by atoms with Crippen LogP contribution in [0.4, 0.5) is 0 Å². The molecule has 118 valence electrons. The van der Waals surface area contributed by atoms with E-state index in [1.165, 1.54) is 18.4 Å². The van der Waals surface area contributed by atoms with Gasteiger partial charge in [0.15, 0.2) is 5.82 Å². The monoisotopic (exact) mass is 301 g/mol. The number of piperidine rings is 1. The summed E-state index contributed by atoms with van der Waals surface area (Å²) in [6.07, 6.45) is 2.40. The fourth-order valence-corrected chi connectivity index (χ4v) is 3.29. The van der Waals surface area contributed by atoms with Crippen molar-refractivity contribution in [3.05, 3.63) is 47.6 Å². The van der Waals surface area contributed by atoms with E-state index in [1.807, 2.05) is 0 Å². The highest BCUT2D eigenvalue weighted by molar-refractivity contribution is 5.25. The van der Waals surface area contributed by atoms with E-state index in [1.54, 1.807) is 7.11 Å². The molecule has 3 rings (SSSR count). The molecule has 0 amide bonds. The zero-order valence-corrected chi connectivity index (χ0v) is 13.3. The Balaban J connectivity index is 1.67. The molecule has 1 aliphatic heterocycles. The van der Waals surface area contributed by atoms with Gasteiger partial charge in [0, 0.05) is 19.1 Å². The van der Waals surface area contributed by atoms with Crippen molar-refractivity contribution in [2.24, 2.45) is 0 Å². The minimum Gasteiger partial charge on any atom is -0.377 e. The van der Waals surface area contributed by atoms with Gasteiger partial charge in [0.2, 0.25) is 5.89 Å². The fraction of sp³-hybridized carbons (Fsp3) is 0.529. The number of rotatable bonds is 5. The van der Waals surface area contributed by atoms with E-state index in [2.05, 4.69) is 52.3 Å². The van der Waals surface area contributed by atoms with Gasteiger partial charge in [-0.1, -0.05) is 42.4 Å². The van der Waals surface area contributed by atoms with Crippen LogP contribution in [-0.2, 0) is 23.3 Å². The first-order valence-electron chi connectivity index (χ1n) is 7.78. The minimum atomic E-state index is 0.189. The summed E-state index contributed by atoms with van der Waals surface area (Å²) >= 11 is 0. The maximum Gasteiger partial charge on any atom is 0.240 e. The van der Waals surface area contributed by atoms with E-state index < -0.39 is 0 Å². The van der Waals surface area contributed by atoms with Gasteiger partial charge in [-0.15, -0.1) is 0 Å². The lowest BCUT2D eigenvalue weighted by Gasteiger charge is -2.40. The molecular weight excluding hydrogens is 278 g/mol. The van der Waals surface area contributed by atoms with Gasteiger partial charge in [-0.05, 0) is 24.9 Å². The molecule has 1 fully saturated rings.